The minimum Gasteiger partial charge on any atom is -0.497 e. The molecule has 0 unspecified atom stereocenters. The summed E-state index contributed by atoms with van der Waals surface area (Å²) in [6.07, 6.45) is 2.78. The first kappa shape index (κ1) is 17.0. The van der Waals surface area contributed by atoms with Crippen LogP contribution in [0.5, 0.6) is 5.75 Å². The van der Waals surface area contributed by atoms with Crippen LogP contribution in [0.3, 0.4) is 0 Å². The van der Waals surface area contributed by atoms with Crippen LogP contribution in [0.4, 0.5) is 0 Å². The van der Waals surface area contributed by atoms with Gasteiger partial charge in [-0.25, -0.2) is 8.42 Å². The second kappa shape index (κ2) is 6.95. The van der Waals surface area contributed by atoms with E-state index in [-0.39, 0.29) is 6.04 Å². The topological polar surface area (TPSA) is 46.6 Å². The van der Waals surface area contributed by atoms with Crippen molar-refractivity contribution in [3.05, 3.63) is 59.7 Å². The molecule has 1 atom stereocenters. The van der Waals surface area contributed by atoms with Crippen molar-refractivity contribution >= 4 is 10.0 Å². The van der Waals surface area contributed by atoms with Gasteiger partial charge in [0.25, 0.3) is 0 Å². The van der Waals surface area contributed by atoms with E-state index in [1.807, 2.05) is 43.3 Å². The number of aryl methyl sites for hydroxylation is 1. The van der Waals surface area contributed by atoms with Gasteiger partial charge in [0.15, 0.2) is 0 Å². The third-order valence-electron chi connectivity index (χ3n) is 4.58. The molecule has 3 rings (SSSR count). The number of sulfonamides is 1. The normalized spacial score (nSPS) is 19.2. The highest BCUT2D eigenvalue weighted by atomic mass is 32.2. The number of hydrogen-bond donors (Lipinski definition) is 0. The van der Waals surface area contributed by atoms with Crippen molar-refractivity contribution in [3.8, 4) is 5.75 Å². The summed E-state index contributed by atoms with van der Waals surface area (Å²) in [6, 6.07) is 14.7. The van der Waals surface area contributed by atoms with Gasteiger partial charge < -0.3 is 4.74 Å². The van der Waals surface area contributed by atoms with Gasteiger partial charge in [-0.3, -0.25) is 0 Å². The van der Waals surface area contributed by atoms with Crippen molar-refractivity contribution < 1.29 is 13.2 Å². The van der Waals surface area contributed by atoms with Crippen molar-refractivity contribution in [3.63, 3.8) is 0 Å². The molecule has 1 aliphatic rings. The van der Waals surface area contributed by atoms with Crippen LogP contribution in [0.15, 0.2) is 53.4 Å². The van der Waals surface area contributed by atoms with E-state index in [0.29, 0.717) is 11.4 Å². The maximum Gasteiger partial charge on any atom is 0.243 e. The van der Waals surface area contributed by atoms with Crippen LogP contribution in [0, 0.1) is 6.92 Å². The molecule has 1 aliphatic heterocycles. The van der Waals surface area contributed by atoms with Crippen molar-refractivity contribution in [2.75, 3.05) is 13.7 Å². The summed E-state index contributed by atoms with van der Waals surface area (Å²) in [5, 5.41) is 0. The van der Waals surface area contributed by atoms with Crippen LogP contribution in [-0.2, 0) is 10.0 Å². The zero-order valence-electron chi connectivity index (χ0n) is 14.1. The predicted octanol–water partition coefficient (Wildman–Crippen LogP) is 3.92. The minimum atomic E-state index is -3.49. The predicted molar refractivity (Wildman–Crippen MR) is 94.7 cm³/mol. The Hall–Kier alpha value is -1.85. The standard InChI is InChI=1S/C19H23NO3S/c1-15-6-12-18(13-7-15)24(21,22)20-14-4-3-5-19(20)16-8-10-17(23-2)11-9-16/h6-13,19H,3-5,14H2,1-2H3/t19-/m0/s1. The molecule has 0 aromatic heterocycles. The highest BCUT2D eigenvalue weighted by Crippen LogP contribution is 2.36. The van der Waals surface area contributed by atoms with E-state index in [9.17, 15) is 8.42 Å². The summed E-state index contributed by atoms with van der Waals surface area (Å²) >= 11 is 0. The summed E-state index contributed by atoms with van der Waals surface area (Å²) < 4.78 is 33.1. The average Bonchev–Trinajstić information content (AvgIpc) is 2.62. The maximum atomic E-state index is 13.1. The van der Waals surface area contributed by atoms with Crippen LogP contribution in [0.1, 0.15) is 36.4 Å². The number of methoxy groups -OCH3 is 1. The first-order chi connectivity index (χ1) is 11.5. The number of piperidine rings is 1. The van der Waals surface area contributed by atoms with Crippen molar-refractivity contribution in [1.82, 2.24) is 4.31 Å². The molecule has 0 radical (unpaired) electrons. The first-order valence-corrected chi connectivity index (χ1v) is 9.69. The molecule has 1 heterocycles. The van der Waals surface area contributed by atoms with Gasteiger partial charge in [0.05, 0.1) is 18.0 Å². The van der Waals surface area contributed by atoms with E-state index >= 15 is 0 Å². The maximum absolute atomic E-state index is 13.1. The second-order valence-corrected chi connectivity index (χ2v) is 8.10. The Morgan fingerprint density at radius 1 is 1.00 bits per heavy atom. The average molecular weight is 345 g/mol. The molecular formula is C19H23NO3S. The number of ether oxygens (including phenoxy) is 1. The fourth-order valence-electron chi connectivity index (χ4n) is 3.20. The number of benzene rings is 2. The lowest BCUT2D eigenvalue weighted by Gasteiger charge is -2.35. The molecule has 0 amide bonds. The molecule has 0 bridgehead atoms. The van der Waals surface area contributed by atoms with Gasteiger partial charge >= 0.3 is 0 Å². The van der Waals surface area contributed by atoms with Crippen LogP contribution in [0.2, 0.25) is 0 Å². The summed E-state index contributed by atoms with van der Waals surface area (Å²) in [5.74, 6) is 0.780. The Balaban J connectivity index is 1.95. The van der Waals surface area contributed by atoms with Crippen molar-refractivity contribution in [2.45, 2.75) is 37.1 Å². The third-order valence-corrected chi connectivity index (χ3v) is 6.50. The fourth-order valence-corrected chi connectivity index (χ4v) is 4.88. The Labute approximate surface area is 144 Å². The highest BCUT2D eigenvalue weighted by molar-refractivity contribution is 7.89. The molecule has 0 spiro atoms. The summed E-state index contributed by atoms with van der Waals surface area (Å²) in [5.41, 5.74) is 2.07. The number of rotatable bonds is 4. The Bertz CT molecular complexity index is 782. The van der Waals surface area contributed by atoms with Gasteiger partial charge in [-0.15, -0.1) is 0 Å². The molecule has 2 aromatic rings. The Kier molecular flexibility index (Phi) is 4.92. The van der Waals surface area contributed by atoms with E-state index in [4.69, 9.17) is 4.74 Å². The number of hydrogen-bond acceptors (Lipinski definition) is 3. The van der Waals surface area contributed by atoms with Crippen molar-refractivity contribution in [2.24, 2.45) is 0 Å². The molecule has 4 nitrogen and oxygen atoms in total. The van der Waals surface area contributed by atoms with Gasteiger partial charge in [-0.1, -0.05) is 36.2 Å². The van der Waals surface area contributed by atoms with Crippen molar-refractivity contribution in [1.29, 1.82) is 0 Å². The summed E-state index contributed by atoms with van der Waals surface area (Å²) in [7, 11) is -1.86. The molecule has 0 aliphatic carbocycles. The second-order valence-electron chi connectivity index (χ2n) is 6.21. The smallest absolute Gasteiger partial charge is 0.243 e. The number of nitrogens with zero attached hydrogens (tertiary/aromatic N) is 1. The molecule has 128 valence electrons. The van der Waals surface area contributed by atoms with Gasteiger partial charge in [0, 0.05) is 6.54 Å². The van der Waals surface area contributed by atoms with E-state index in [2.05, 4.69) is 0 Å². The van der Waals surface area contributed by atoms with Gasteiger partial charge in [-0.2, -0.15) is 4.31 Å². The van der Waals surface area contributed by atoms with Crippen LogP contribution in [-0.4, -0.2) is 26.4 Å². The highest BCUT2D eigenvalue weighted by Gasteiger charge is 2.34. The molecular weight excluding hydrogens is 322 g/mol. The lowest BCUT2D eigenvalue weighted by Crippen LogP contribution is -2.38. The van der Waals surface area contributed by atoms with Crippen LogP contribution in [0.25, 0.3) is 0 Å². The molecule has 1 fully saturated rings. The van der Waals surface area contributed by atoms with Crippen LogP contribution >= 0.6 is 0 Å². The molecule has 2 aromatic carbocycles. The minimum absolute atomic E-state index is 0.115. The monoisotopic (exact) mass is 345 g/mol. The molecule has 0 N–H and O–H groups in total. The molecule has 5 heteroatoms. The SMILES string of the molecule is COc1ccc([C@@H]2CCCCN2S(=O)(=O)c2ccc(C)cc2)cc1. The van der Waals surface area contributed by atoms with E-state index < -0.39 is 10.0 Å². The fraction of sp³-hybridized carbons (Fsp3) is 0.368. The summed E-state index contributed by atoms with van der Waals surface area (Å²) in [6.45, 7) is 2.52. The largest absolute Gasteiger partial charge is 0.497 e. The van der Waals surface area contributed by atoms with Crippen LogP contribution < -0.4 is 4.74 Å². The quantitative estimate of drug-likeness (QED) is 0.844. The Morgan fingerprint density at radius 2 is 1.67 bits per heavy atom. The lowest BCUT2D eigenvalue weighted by atomic mass is 9.97. The van der Waals surface area contributed by atoms with Gasteiger partial charge in [0.2, 0.25) is 10.0 Å². The van der Waals surface area contributed by atoms with Gasteiger partial charge in [0.1, 0.15) is 5.75 Å². The Morgan fingerprint density at radius 3 is 2.29 bits per heavy atom. The van der Waals surface area contributed by atoms with E-state index in [1.165, 1.54) is 0 Å². The van der Waals surface area contributed by atoms with E-state index in [0.717, 1.165) is 36.1 Å². The molecule has 24 heavy (non-hydrogen) atoms. The first-order valence-electron chi connectivity index (χ1n) is 8.25. The zero-order valence-corrected chi connectivity index (χ0v) is 14.9. The lowest BCUT2D eigenvalue weighted by molar-refractivity contribution is 0.256. The third kappa shape index (κ3) is 3.32. The summed E-state index contributed by atoms with van der Waals surface area (Å²) in [4.78, 5) is 0.369. The molecule has 0 saturated carbocycles. The zero-order chi connectivity index (χ0) is 17.2. The van der Waals surface area contributed by atoms with E-state index in [1.54, 1.807) is 23.5 Å². The van der Waals surface area contributed by atoms with Gasteiger partial charge in [-0.05, 0) is 49.6 Å². The molecule has 1 saturated heterocycles.